The predicted octanol–water partition coefficient (Wildman–Crippen LogP) is 6.31. The van der Waals surface area contributed by atoms with Gasteiger partial charge in [0.25, 0.3) is 11.8 Å². The number of benzene rings is 2. The summed E-state index contributed by atoms with van der Waals surface area (Å²) in [4.78, 5) is 27.1. The molecule has 2 aromatic rings. The monoisotopic (exact) mass is 514 g/mol. The number of unbranched alkanes of at least 4 members (excludes halogenated alkanes) is 5. The second kappa shape index (κ2) is 13.3. The third-order valence-corrected chi connectivity index (χ3v) is 6.07. The maximum atomic E-state index is 13.2. The lowest BCUT2D eigenvalue weighted by Crippen LogP contribution is -2.54. The lowest BCUT2D eigenvalue weighted by molar-refractivity contribution is -0.122. The van der Waals surface area contributed by atoms with E-state index in [4.69, 9.17) is 33.3 Å². The number of hydrogen-bond acceptors (Lipinski definition) is 5. The first-order chi connectivity index (χ1) is 17.0. The maximum Gasteiger partial charge on any atom is 0.270 e. The number of para-hydroxylation sites is 1. The number of nitrogens with one attached hydrogen (secondary N) is 1. The molecule has 1 aliphatic heterocycles. The van der Waals surface area contributed by atoms with Gasteiger partial charge in [-0.05, 0) is 61.5 Å². The Balaban J connectivity index is 1.80. The number of nitrogens with zero attached hydrogens (tertiary/aromatic N) is 1. The Hall–Kier alpha value is -2.90. The van der Waals surface area contributed by atoms with E-state index in [1.54, 1.807) is 36.4 Å². The molecule has 1 aliphatic rings. The summed E-state index contributed by atoms with van der Waals surface area (Å²) in [6.45, 7) is 5.02. The van der Waals surface area contributed by atoms with E-state index in [0.29, 0.717) is 41.0 Å². The molecule has 0 radical (unpaired) electrons. The number of halogens is 1. The van der Waals surface area contributed by atoms with Crippen molar-refractivity contribution in [2.45, 2.75) is 52.4 Å². The van der Waals surface area contributed by atoms with Crippen LogP contribution in [0.25, 0.3) is 6.08 Å². The van der Waals surface area contributed by atoms with Gasteiger partial charge >= 0.3 is 0 Å². The summed E-state index contributed by atoms with van der Waals surface area (Å²) in [5.74, 6) is -0.139. The highest BCUT2D eigenvalue weighted by molar-refractivity contribution is 7.80. The second-order valence-corrected chi connectivity index (χ2v) is 8.97. The van der Waals surface area contributed by atoms with Gasteiger partial charge < -0.3 is 9.47 Å². The van der Waals surface area contributed by atoms with E-state index in [1.807, 2.05) is 13.0 Å². The van der Waals surface area contributed by atoms with Crippen LogP contribution in [0.1, 0.15) is 57.9 Å². The first kappa shape index (κ1) is 26.7. The molecule has 1 fully saturated rings. The molecule has 6 nitrogen and oxygen atoms in total. The van der Waals surface area contributed by atoms with Gasteiger partial charge in [-0.15, -0.1) is 0 Å². The number of amides is 2. The van der Waals surface area contributed by atoms with Crippen LogP contribution in [0.2, 0.25) is 5.02 Å². The topological polar surface area (TPSA) is 67.9 Å². The van der Waals surface area contributed by atoms with Crippen molar-refractivity contribution in [3.63, 3.8) is 0 Å². The summed E-state index contributed by atoms with van der Waals surface area (Å²) in [6, 6.07) is 12.3. The van der Waals surface area contributed by atoms with Crippen LogP contribution in [0.3, 0.4) is 0 Å². The van der Waals surface area contributed by atoms with Gasteiger partial charge in [0.15, 0.2) is 16.6 Å². The molecule has 186 valence electrons. The van der Waals surface area contributed by atoms with Crippen LogP contribution in [-0.2, 0) is 9.59 Å². The highest BCUT2D eigenvalue weighted by Crippen LogP contribution is 2.38. The summed E-state index contributed by atoms with van der Waals surface area (Å²) >= 11 is 11.8. The molecule has 1 heterocycles. The van der Waals surface area contributed by atoms with Crippen LogP contribution in [0.4, 0.5) is 5.69 Å². The standard InChI is InChI=1S/C27H31ClN2O4S/c1-3-5-6-7-8-12-15-34-24-22(28)17-19(18-23(24)33-4-2)16-21-25(31)29-27(35)30(26(21)32)20-13-10-9-11-14-20/h9-11,13-14,16-18H,3-8,12,15H2,1-2H3,(H,29,31,35)/b21-16-. The van der Waals surface area contributed by atoms with E-state index in [9.17, 15) is 9.59 Å². The smallest absolute Gasteiger partial charge is 0.270 e. The Labute approximate surface area is 217 Å². The van der Waals surface area contributed by atoms with Crippen LogP contribution in [0.5, 0.6) is 11.5 Å². The van der Waals surface area contributed by atoms with E-state index in [0.717, 1.165) is 12.8 Å². The number of thiocarbonyl (C=S) groups is 1. The van der Waals surface area contributed by atoms with Crippen molar-refractivity contribution in [1.29, 1.82) is 0 Å². The van der Waals surface area contributed by atoms with E-state index in [1.165, 1.54) is 36.7 Å². The Kier molecular flexibility index (Phi) is 10.1. The molecule has 0 saturated carbocycles. The Morgan fingerprint density at radius 3 is 2.43 bits per heavy atom. The molecule has 0 aliphatic carbocycles. The fourth-order valence-corrected chi connectivity index (χ4v) is 4.32. The number of carbonyl (C=O) groups excluding carboxylic acids is 2. The molecule has 1 N–H and O–H groups in total. The molecule has 0 spiro atoms. The summed E-state index contributed by atoms with van der Waals surface area (Å²) in [7, 11) is 0. The fourth-order valence-electron chi connectivity index (χ4n) is 3.77. The molecule has 0 atom stereocenters. The SMILES string of the molecule is CCCCCCCCOc1c(Cl)cc(/C=C2/C(=O)NC(=S)N(c3ccccc3)C2=O)cc1OCC. The minimum Gasteiger partial charge on any atom is -0.490 e. The molecule has 1 saturated heterocycles. The summed E-state index contributed by atoms with van der Waals surface area (Å²) in [6.07, 6.45) is 8.42. The van der Waals surface area contributed by atoms with Gasteiger partial charge in [0, 0.05) is 0 Å². The number of carbonyl (C=O) groups is 2. The van der Waals surface area contributed by atoms with Crippen LogP contribution < -0.4 is 19.7 Å². The average Bonchev–Trinajstić information content (AvgIpc) is 2.83. The number of rotatable bonds is 12. The van der Waals surface area contributed by atoms with E-state index >= 15 is 0 Å². The van der Waals surface area contributed by atoms with Crippen molar-refractivity contribution >= 4 is 52.5 Å². The van der Waals surface area contributed by atoms with Gasteiger partial charge in [-0.3, -0.25) is 19.8 Å². The highest BCUT2D eigenvalue weighted by atomic mass is 35.5. The third kappa shape index (κ3) is 7.05. The average molecular weight is 515 g/mol. The molecule has 8 heteroatoms. The molecule has 0 aromatic heterocycles. The van der Waals surface area contributed by atoms with E-state index < -0.39 is 11.8 Å². The van der Waals surface area contributed by atoms with Crippen LogP contribution in [-0.4, -0.2) is 30.1 Å². The van der Waals surface area contributed by atoms with Gasteiger partial charge in [-0.2, -0.15) is 0 Å². The van der Waals surface area contributed by atoms with Crippen molar-refractivity contribution in [2.24, 2.45) is 0 Å². The van der Waals surface area contributed by atoms with Gasteiger partial charge in [0.05, 0.1) is 23.9 Å². The van der Waals surface area contributed by atoms with Crippen LogP contribution in [0, 0.1) is 0 Å². The normalized spacial score (nSPS) is 14.9. The molecule has 0 unspecified atom stereocenters. The van der Waals surface area contributed by atoms with Crippen molar-refractivity contribution in [3.05, 3.63) is 58.6 Å². The fraction of sp³-hybridized carbons (Fsp3) is 0.370. The molecular weight excluding hydrogens is 484 g/mol. The van der Waals surface area contributed by atoms with Gasteiger partial charge in [-0.1, -0.05) is 68.8 Å². The summed E-state index contributed by atoms with van der Waals surface area (Å²) in [5, 5.41) is 2.98. The quantitative estimate of drug-likeness (QED) is 0.155. The lowest BCUT2D eigenvalue weighted by atomic mass is 10.1. The van der Waals surface area contributed by atoms with Crippen molar-refractivity contribution in [3.8, 4) is 11.5 Å². The zero-order valence-corrected chi connectivity index (χ0v) is 21.7. The summed E-state index contributed by atoms with van der Waals surface area (Å²) < 4.78 is 11.7. The third-order valence-electron chi connectivity index (χ3n) is 5.50. The Morgan fingerprint density at radius 1 is 1.00 bits per heavy atom. The molecular formula is C27H31ClN2O4S. The molecule has 0 bridgehead atoms. The largest absolute Gasteiger partial charge is 0.490 e. The first-order valence-corrected chi connectivity index (χ1v) is 12.8. The van der Waals surface area contributed by atoms with Crippen LogP contribution >= 0.6 is 23.8 Å². The Morgan fingerprint density at radius 2 is 1.71 bits per heavy atom. The number of hydrogen-bond donors (Lipinski definition) is 1. The maximum absolute atomic E-state index is 13.2. The second-order valence-electron chi connectivity index (χ2n) is 8.17. The van der Waals surface area contributed by atoms with E-state index in [2.05, 4.69) is 12.2 Å². The highest BCUT2D eigenvalue weighted by Gasteiger charge is 2.34. The molecule has 2 amide bonds. The Bertz CT molecular complexity index is 1090. The summed E-state index contributed by atoms with van der Waals surface area (Å²) in [5.41, 5.74) is 1.06. The van der Waals surface area contributed by atoms with E-state index in [-0.39, 0.29) is 10.7 Å². The van der Waals surface area contributed by atoms with Gasteiger partial charge in [-0.25, -0.2) is 0 Å². The zero-order chi connectivity index (χ0) is 25.2. The van der Waals surface area contributed by atoms with Crippen molar-refractivity contribution in [2.75, 3.05) is 18.1 Å². The molecule has 35 heavy (non-hydrogen) atoms. The van der Waals surface area contributed by atoms with Gasteiger partial charge in [0.2, 0.25) is 0 Å². The van der Waals surface area contributed by atoms with Crippen molar-refractivity contribution in [1.82, 2.24) is 5.32 Å². The molecule has 2 aromatic carbocycles. The minimum atomic E-state index is -0.565. The lowest BCUT2D eigenvalue weighted by Gasteiger charge is -2.28. The molecule has 3 rings (SSSR count). The predicted molar refractivity (Wildman–Crippen MR) is 144 cm³/mol. The zero-order valence-electron chi connectivity index (χ0n) is 20.1. The number of ether oxygens (including phenoxy) is 2. The van der Waals surface area contributed by atoms with Crippen molar-refractivity contribution < 1.29 is 19.1 Å². The number of anilines is 1. The van der Waals surface area contributed by atoms with Gasteiger partial charge in [0.1, 0.15) is 5.57 Å². The van der Waals surface area contributed by atoms with Crippen LogP contribution in [0.15, 0.2) is 48.0 Å². The first-order valence-electron chi connectivity index (χ1n) is 12.0. The minimum absolute atomic E-state index is 0.0369.